The molecule has 1 aromatic heterocycles. The SMILES string of the molecule is N#Cc1c(N)c(C(=O)NC2CCOCC2)nn1Cc1ccccc1F. The molecule has 8 heteroatoms. The Morgan fingerprint density at radius 1 is 1.44 bits per heavy atom. The number of carbonyl (C=O) groups excluding carboxylic acids is 1. The average molecular weight is 343 g/mol. The van der Waals surface area contributed by atoms with Crippen LogP contribution in [0.4, 0.5) is 10.1 Å². The zero-order valence-corrected chi connectivity index (χ0v) is 13.5. The van der Waals surface area contributed by atoms with E-state index in [4.69, 9.17) is 10.5 Å². The molecule has 1 amide bonds. The summed E-state index contributed by atoms with van der Waals surface area (Å²) in [7, 11) is 0. The molecule has 2 aromatic rings. The highest BCUT2D eigenvalue weighted by Crippen LogP contribution is 2.19. The summed E-state index contributed by atoms with van der Waals surface area (Å²) in [5.41, 5.74) is 6.32. The Morgan fingerprint density at radius 3 is 2.84 bits per heavy atom. The van der Waals surface area contributed by atoms with Gasteiger partial charge in [0.2, 0.25) is 0 Å². The number of amides is 1. The fourth-order valence-electron chi connectivity index (χ4n) is 2.76. The van der Waals surface area contributed by atoms with Crippen LogP contribution in [0, 0.1) is 17.1 Å². The number of nitriles is 1. The van der Waals surface area contributed by atoms with E-state index in [0.29, 0.717) is 31.6 Å². The lowest BCUT2D eigenvalue weighted by Crippen LogP contribution is -2.39. The fraction of sp³-hybridized carbons (Fsp3) is 0.353. The average Bonchev–Trinajstić information content (AvgIpc) is 2.93. The van der Waals surface area contributed by atoms with Crippen LogP contribution in [0.3, 0.4) is 0 Å². The minimum Gasteiger partial charge on any atom is -0.394 e. The molecule has 0 bridgehead atoms. The Balaban J connectivity index is 1.83. The number of aromatic nitrogens is 2. The van der Waals surface area contributed by atoms with E-state index in [9.17, 15) is 14.4 Å². The first-order valence-corrected chi connectivity index (χ1v) is 7.98. The number of nitrogens with zero attached hydrogens (tertiary/aromatic N) is 3. The minimum absolute atomic E-state index is 0.00315. The summed E-state index contributed by atoms with van der Waals surface area (Å²) in [4.78, 5) is 12.4. The Hall–Kier alpha value is -2.92. The smallest absolute Gasteiger partial charge is 0.274 e. The van der Waals surface area contributed by atoms with Crippen molar-refractivity contribution in [2.45, 2.75) is 25.4 Å². The monoisotopic (exact) mass is 343 g/mol. The van der Waals surface area contributed by atoms with Gasteiger partial charge in [0.25, 0.3) is 5.91 Å². The molecule has 0 spiro atoms. The van der Waals surface area contributed by atoms with Crippen LogP contribution in [0.15, 0.2) is 24.3 Å². The molecule has 1 aromatic carbocycles. The van der Waals surface area contributed by atoms with E-state index in [1.54, 1.807) is 18.2 Å². The quantitative estimate of drug-likeness (QED) is 0.873. The second kappa shape index (κ2) is 7.32. The van der Waals surface area contributed by atoms with Gasteiger partial charge in [0, 0.05) is 24.8 Å². The normalized spacial score (nSPS) is 14.9. The van der Waals surface area contributed by atoms with Crippen LogP contribution < -0.4 is 11.1 Å². The first kappa shape index (κ1) is 16.9. The number of benzene rings is 1. The first-order valence-electron chi connectivity index (χ1n) is 7.98. The minimum atomic E-state index is -0.437. The molecule has 1 aliphatic heterocycles. The van der Waals surface area contributed by atoms with E-state index in [1.165, 1.54) is 10.7 Å². The molecule has 2 heterocycles. The van der Waals surface area contributed by atoms with E-state index >= 15 is 0 Å². The van der Waals surface area contributed by atoms with Gasteiger partial charge in [0.1, 0.15) is 17.6 Å². The highest BCUT2D eigenvalue weighted by atomic mass is 19.1. The molecule has 0 saturated carbocycles. The second-order valence-electron chi connectivity index (χ2n) is 5.83. The molecule has 1 fully saturated rings. The number of nitrogen functional groups attached to an aromatic ring is 1. The summed E-state index contributed by atoms with van der Waals surface area (Å²) in [6.45, 7) is 1.20. The number of nitrogens with one attached hydrogen (secondary N) is 1. The fourth-order valence-corrected chi connectivity index (χ4v) is 2.76. The number of nitrogens with two attached hydrogens (primary N) is 1. The van der Waals surface area contributed by atoms with E-state index in [2.05, 4.69) is 10.4 Å². The van der Waals surface area contributed by atoms with Gasteiger partial charge < -0.3 is 15.8 Å². The Kier molecular flexibility index (Phi) is 4.95. The number of ether oxygens (including phenoxy) is 1. The first-order chi connectivity index (χ1) is 12.1. The maximum Gasteiger partial charge on any atom is 0.274 e. The van der Waals surface area contributed by atoms with Gasteiger partial charge in [0.15, 0.2) is 11.4 Å². The molecule has 0 atom stereocenters. The van der Waals surface area contributed by atoms with Crippen molar-refractivity contribution in [3.8, 4) is 6.07 Å². The van der Waals surface area contributed by atoms with Crippen LogP contribution in [0.2, 0.25) is 0 Å². The second-order valence-corrected chi connectivity index (χ2v) is 5.83. The number of anilines is 1. The van der Waals surface area contributed by atoms with Crippen molar-refractivity contribution in [2.24, 2.45) is 0 Å². The molecule has 3 N–H and O–H groups in total. The Morgan fingerprint density at radius 2 is 2.16 bits per heavy atom. The highest BCUT2D eigenvalue weighted by Gasteiger charge is 2.24. The number of rotatable bonds is 4. The van der Waals surface area contributed by atoms with Crippen LogP contribution in [0.25, 0.3) is 0 Å². The summed E-state index contributed by atoms with van der Waals surface area (Å²) in [5, 5.41) is 16.3. The standard InChI is InChI=1S/C17H18FN5O2/c18-13-4-2-1-3-11(13)10-23-14(9-19)15(20)16(22-23)17(24)21-12-5-7-25-8-6-12/h1-4,12H,5-8,10,20H2,(H,21,24). The summed E-state index contributed by atoms with van der Waals surface area (Å²) in [5.74, 6) is -0.846. The van der Waals surface area contributed by atoms with Crippen LogP contribution in [-0.4, -0.2) is 34.9 Å². The Bertz CT molecular complexity index is 821. The molecule has 0 aliphatic carbocycles. The van der Waals surface area contributed by atoms with E-state index < -0.39 is 11.7 Å². The van der Waals surface area contributed by atoms with Crippen LogP contribution in [0.5, 0.6) is 0 Å². The predicted molar refractivity (Wildman–Crippen MR) is 88.2 cm³/mol. The summed E-state index contributed by atoms with van der Waals surface area (Å²) in [6.07, 6.45) is 1.43. The zero-order valence-electron chi connectivity index (χ0n) is 13.5. The third kappa shape index (κ3) is 3.61. The topological polar surface area (TPSA) is 106 Å². The molecule has 130 valence electrons. The molecule has 1 saturated heterocycles. The van der Waals surface area contributed by atoms with Gasteiger partial charge >= 0.3 is 0 Å². The van der Waals surface area contributed by atoms with Crippen molar-refractivity contribution in [3.63, 3.8) is 0 Å². The largest absolute Gasteiger partial charge is 0.394 e. The van der Waals surface area contributed by atoms with E-state index in [1.807, 2.05) is 6.07 Å². The van der Waals surface area contributed by atoms with Crippen molar-refractivity contribution in [3.05, 3.63) is 47.0 Å². The highest BCUT2D eigenvalue weighted by molar-refractivity contribution is 5.98. The third-order valence-electron chi connectivity index (χ3n) is 4.14. The van der Waals surface area contributed by atoms with Gasteiger partial charge in [-0.25, -0.2) is 9.07 Å². The van der Waals surface area contributed by atoms with Crippen molar-refractivity contribution in [2.75, 3.05) is 18.9 Å². The lowest BCUT2D eigenvalue weighted by Gasteiger charge is -2.22. The van der Waals surface area contributed by atoms with Gasteiger partial charge in [-0.05, 0) is 18.9 Å². The summed E-state index contributed by atoms with van der Waals surface area (Å²) >= 11 is 0. The molecule has 3 rings (SSSR count). The Labute approximate surface area is 144 Å². The zero-order chi connectivity index (χ0) is 17.8. The van der Waals surface area contributed by atoms with E-state index in [0.717, 1.165) is 0 Å². The van der Waals surface area contributed by atoms with Crippen molar-refractivity contribution in [1.29, 1.82) is 5.26 Å². The maximum atomic E-state index is 13.8. The number of carbonyl (C=O) groups is 1. The molecule has 1 aliphatic rings. The third-order valence-corrected chi connectivity index (χ3v) is 4.14. The van der Waals surface area contributed by atoms with Gasteiger partial charge in [-0.2, -0.15) is 10.4 Å². The number of hydrogen-bond acceptors (Lipinski definition) is 5. The van der Waals surface area contributed by atoms with E-state index in [-0.39, 0.29) is 29.7 Å². The van der Waals surface area contributed by atoms with Crippen LogP contribution in [-0.2, 0) is 11.3 Å². The maximum absolute atomic E-state index is 13.8. The number of hydrogen-bond donors (Lipinski definition) is 2. The number of halogens is 1. The van der Waals surface area contributed by atoms with Crippen molar-refractivity contribution < 1.29 is 13.9 Å². The lowest BCUT2D eigenvalue weighted by molar-refractivity contribution is 0.0694. The predicted octanol–water partition coefficient (Wildman–Crippen LogP) is 1.43. The lowest BCUT2D eigenvalue weighted by atomic mass is 10.1. The molecular weight excluding hydrogens is 325 g/mol. The molecular formula is C17H18FN5O2. The summed E-state index contributed by atoms with van der Waals surface area (Å²) < 4.78 is 20.4. The van der Waals surface area contributed by atoms with Crippen LogP contribution in [0.1, 0.15) is 34.6 Å². The summed E-state index contributed by atoms with van der Waals surface area (Å²) in [6, 6.07) is 8.11. The van der Waals surface area contributed by atoms with Gasteiger partial charge in [-0.15, -0.1) is 0 Å². The molecule has 25 heavy (non-hydrogen) atoms. The molecule has 0 radical (unpaired) electrons. The molecule has 7 nitrogen and oxygen atoms in total. The van der Waals surface area contributed by atoms with Crippen LogP contribution >= 0.6 is 0 Å². The molecule has 0 unspecified atom stereocenters. The van der Waals surface area contributed by atoms with Gasteiger partial charge in [-0.1, -0.05) is 18.2 Å². The van der Waals surface area contributed by atoms with Gasteiger partial charge in [-0.3, -0.25) is 4.79 Å². The van der Waals surface area contributed by atoms with Crippen molar-refractivity contribution in [1.82, 2.24) is 15.1 Å². The van der Waals surface area contributed by atoms with Gasteiger partial charge in [0.05, 0.1) is 6.54 Å². The van der Waals surface area contributed by atoms with Crippen molar-refractivity contribution >= 4 is 11.6 Å².